The van der Waals surface area contributed by atoms with E-state index in [1.165, 1.54) is 0 Å². The molecule has 1 amide bonds. The molecule has 0 fully saturated rings. The van der Waals surface area contributed by atoms with Crippen molar-refractivity contribution in [2.45, 2.75) is 32.4 Å². The highest BCUT2D eigenvalue weighted by molar-refractivity contribution is 5.82. The topological polar surface area (TPSA) is 75.4 Å². The first-order valence-electron chi connectivity index (χ1n) is 5.33. The number of amides is 1. The van der Waals surface area contributed by atoms with E-state index in [0.29, 0.717) is 6.42 Å². The van der Waals surface area contributed by atoms with Crippen LogP contribution in [0.2, 0.25) is 0 Å². The van der Waals surface area contributed by atoms with Gasteiger partial charge in [0.2, 0.25) is 5.91 Å². The number of hydrogen-bond donors (Lipinski definition) is 3. The van der Waals surface area contributed by atoms with E-state index >= 15 is 0 Å². The minimum atomic E-state index is -0.549. The zero-order valence-electron chi connectivity index (χ0n) is 9.60. The van der Waals surface area contributed by atoms with E-state index in [0.717, 1.165) is 5.56 Å². The summed E-state index contributed by atoms with van der Waals surface area (Å²) >= 11 is 0. The van der Waals surface area contributed by atoms with E-state index < -0.39 is 6.04 Å². The van der Waals surface area contributed by atoms with Crippen molar-refractivity contribution in [2.24, 2.45) is 5.73 Å². The summed E-state index contributed by atoms with van der Waals surface area (Å²) < 4.78 is 0. The normalized spacial score (nSPS) is 12.5. The molecular formula is C12H18N2O2. The lowest BCUT2D eigenvalue weighted by molar-refractivity contribution is -0.122. The molecule has 4 heteroatoms. The van der Waals surface area contributed by atoms with Crippen LogP contribution in [-0.4, -0.2) is 23.1 Å². The van der Waals surface area contributed by atoms with Crippen molar-refractivity contribution in [1.82, 2.24) is 5.32 Å². The summed E-state index contributed by atoms with van der Waals surface area (Å²) in [6.45, 7) is 3.79. The number of phenolic OH excluding ortho intramolecular Hbond substituents is 1. The Hall–Kier alpha value is -1.55. The van der Waals surface area contributed by atoms with Crippen molar-refractivity contribution in [3.8, 4) is 5.75 Å². The predicted molar refractivity (Wildman–Crippen MR) is 63.1 cm³/mol. The van der Waals surface area contributed by atoms with Gasteiger partial charge in [0.25, 0.3) is 0 Å². The maximum Gasteiger partial charge on any atom is 0.237 e. The van der Waals surface area contributed by atoms with Crippen molar-refractivity contribution in [3.63, 3.8) is 0 Å². The number of carbonyl (C=O) groups is 1. The lowest BCUT2D eigenvalue weighted by Gasteiger charge is -2.14. The van der Waals surface area contributed by atoms with E-state index in [-0.39, 0.29) is 17.7 Å². The third-order valence-corrected chi connectivity index (χ3v) is 2.16. The lowest BCUT2D eigenvalue weighted by Crippen LogP contribution is -2.44. The molecule has 0 radical (unpaired) electrons. The standard InChI is InChI=1S/C12H18N2O2/c1-8(2)14-12(16)11(13)7-9-3-5-10(15)6-4-9/h3-6,8,11,15H,7,13H2,1-2H3,(H,14,16)/t11-/m1/s1. The molecule has 0 aliphatic carbocycles. The van der Waals surface area contributed by atoms with Gasteiger partial charge in [0.05, 0.1) is 6.04 Å². The second kappa shape index (κ2) is 5.51. The van der Waals surface area contributed by atoms with Crippen LogP contribution in [0.3, 0.4) is 0 Å². The first-order valence-corrected chi connectivity index (χ1v) is 5.33. The lowest BCUT2D eigenvalue weighted by atomic mass is 10.1. The Kier molecular flexibility index (Phi) is 4.31. The largest absolute Gasteiger partial charge is 0.508 e. The summed E-state index contributed by atoms with van der Waals surface area (Å²) in [6.07, 6.45) is 0.471. The summed E-state index contributed by atoms with van der Waals surface area (Å²) in [4.78, 5) is 11.5. The molecule has 0 saturated heterocycles. The molecule has 0 aromatic heterocycles. The molecule has 1 atom stereocenters. The Bertz CT molecular complexity index is 347. The van der Waals surface area contributed by atoms with E-state index in [1.54, 1.807) is 24.3 Å². The average molecular weight is 222 g/mol. The smallest absolute Gasteiger partial charge is 0.237 e. The number of nitrogens with one attached hydrogen (secondary N) is 1. The number of rotatable bonds is 4. The summed E-state index contributed by atoms with van der Waals surface area (Å²) in [7, 11) is 0. The van der Waals surface area contributed by atoms with Gasteiger partial charge in [0.1, 0.15) is 5.75 Å². The molecule has 4 N–H and O–H groups in total. The van der Waals surface area contributed by atoms with Crippen molar-refractivity contribution >= 4 is 5.91 Å². The molecule has 0 spiro atoms. The fourth-order valence-electron chi connectivity index (χ4n) is 1.37. The third-order valence-electron chi connectivity index (χ3n) is 2.16. The summed E-state index contributed by atoms with van der Waals surface area (Å²) in [5.41, 5.74) is 6.70. The Morgan fingerprint density at radius 2 is 1.94 bits per heavy atom. The Morgan fingerprint density at radius 3 is 2.44 bits per heavy atom. The van der Waals surface area contributed by atoms with Crippen LogP contribution in [0.25, 0.3) is 0 Å². The van der Waals surface area contributed by atoms with E-state index in [4.69, 9.17) is 10.8 Å². The molecule has 1 aromatic rings. The molecule has 0 aliphatic heterocycles. The van der Waals surface area contributed by atoms with Crippen LogP contribution in [-0.2, 0) is 11.2 Å². The number of phenols is 1. The number of hydrogen-bond acceptors (Lipinski definition) is 3. The molecule has 0 bridgehead atoms. The number of carbonyl (C=O) groups excluding carboxylic acids is 1. The van der Waals surface area contributed by atoms with E-state index in [1.807, 2.05) is 13.8 Å². The highest BCUT2D eigenvalue weighted by Crippen LogP contribution is 2.10. The monoisotopic (exact) mass is 222 g/mol. The summed E-state index contributed by atoms with van der Waals surface area (Å²) in [5.74, 6) is 0.0621. The maximum absolute atomic E-state index is 11.5. The van der Waals surface area contributed by atoms with Crippen molar-refractivity contribution in [1.29, 1.82) is 0 Å². The maximum atomic E-state index is 11.5. The van der Waals surface area contributed by atoms with Gasteiger partial charge >= 0.3 is 0 Å². The highest BCUT2D eigenvalue weighted by Gasteiger charge is 2.14. The van der Waals surface area contributed by atoms with E-state index in [2.05, 4.69) is 5.32 Å². The van der Waals surface area contributed by atoms with Gasteiger partial charge in [-0.25, -0.2) is 0 Å². The van der Waals surface area contributed by atoms with Gasteiger partial charge in [0, 0.05) is 6.04 Å². The number of aromatic hydroxyl groups is 1. The molecule has 0 saturated carbocycles. The molecular weight excluding hydrogens is 204 g/mol. The van der Waals surface area contributed by atoms with Crippen LogP contribution in [0.1, 0.15) is 19.4 Å². The third kappa shape index (κ3) is 3.90. The predicted octanol–water partition coefficient (Wildman–Crippen LogP) is 0.787. The fraction of sp³-hybridized carbons (Fsp3) is 0.417. The van der Waals surface area contributed by atoms with Gasteiger partial charge in [0.15, 0.2) is 0 Å². The Morgan fingerprint density at radius 1 is 1.38 bits per heavy atom. The average Bonchev–Trinajstić information content (AvgIpc) is 2.20. The minimum Gasteiger partial charge on any atom is -0.508 e. The molecule has 16 heavy (non-hydrogen) atoms. The number of nitrogens with two attached hydrogens (primary N) is 1. The zero-order valence-corrected chi connectivity index (χ0v) is 9.60. The molecule has 0 heterocycles. The van der Waals surface area contributed by atoms with Crippen molar-refractivity contribution in [2.75, 3.05) is 0 Å². The summed E-state index contributed by atoms with van der Waals surface area (Å²) in [6, 6.07) is 6.24. The fourth-order valence-corrected chi connectivity index (χ4v) is 1.37. The Balaban J connectivity index is 2.53. The first-order chi connectivity index (χ1) is 7.49. The van der Waals surface area contributed by atoms with Crippen LogP contribution in [0.5, 0.6) is 5.75 Å². The first kappa shape index (κ1) is 12.5. The molecule has 4 nitrogen and oxygen atoms in total. The zero-order chi connectivity index (χ0) is 12.1. The van der Waals surface area contributed by atoms with Gasteiger partial charge in [-0.05, 0) is 38.0 Å². The highest BCUT2D eigenvalue weighted by atomic mass is 16.3. The quantitative estimate of drug-likeness (QED) is 0.705. The van der Waals surface area contributed by atoms with Crippen LogP contribution in [0.15, 0.2) is 24.3 Å². The van der Waals surface area contributed by atoms with Gasteiger partial charge in [-0.2, -0.15) is 0 Å². The van der Waals surface area contributed by atoms with Crippen LogP contribution in [0.4, 0.5) is 0 Å². The van der Waals surface area contributed by atoms with Gasteiger partial charge in [-0.3, -0.25) is 4.79 Å². The van der Waals surface area contributed by atoms with Crippen LogP contribution >= 0.6 is 0 Å². The minimum absolute atomic E-state index is 0.0957. The molecule has 1 rings (SSSR count). The second-order valence-electron chi connectivity index (χ2n) is 4.14. The van der Waals surface area contributed by atoms with Gasteiger partial charge < -0.3 is 16.2 Å². The SMILES string of the molecule is CC(C)NC(=O)[C@H](N)Cc1ccc(O)cc1. The Labute approximate surface area is 95.5 Å². The summed E-state index contributed by atoms with van der Waals surface area (Å²) in [5, 5.41) is 11.9. The molecule has 0 unspecified atom stereocenters. The van der Waals surface area contributed by atoms with Crippen molar-refractivity contribution in [3.05, 3.63) is 29.8 Å². The second-order valence-corrected chi connectivity index (χ2v) is 4.14. The van der Waals surface area contributed by atoms with Gasteiger partial charge in [-0.1, -0.05) is 12.1 Å². The van der Waals surface area contributed by atoms with E-state index in [9.17, 15) is 4.79 Å². The molecule has 1 aromatic carbocycles. The van der Waals surface area contributed by atoms with Crippen LogP contribution in [0, 0.1) is 0 Å². The van der Waals surface area contributed by atoms with Crippen LogP contribution < -0.4 is 11.1 Å². The molecule has 88 valence electrons. The molecule has 0 aliphatic rings. The van der Waals surface area contributed by atoms with Crippen molar-refractivity contribution < 1.29 is 9.90 Å². The number of benzene rings is 1. The van der Waals surface area contributed by atoms with Gasteiger partial charge in [-0.15, -0.1) is 0 Å².